The molecular weight excluding hydrogens is 291 g/mol. The predicted molar refractivity (Wildman–Crippen MR) is 78.6 cm³/mol. The van der Waals surface area contributed by atoms with Crippen LogP contribution in [0.3, 0.4) is 0 Å². The highest BCUT2D eigenvalue weighted by Crippen LogP contribution is 2.28. The van der Waals surface area contributed by atoms with Crippen molar-refractivity contribution in [2.45, 2.75) is 19.8 Å². The second-order valence-corrected chi connectivity index (χ2v) is 6.21. The average molecular weight is 306 g/mol. The van der Waals surface area contributed by atoms with Gasteiger partial charge in [-0.1, -0.05) is 0 Å². The average Bonchev–Trinajstić information content (AvgIpc) is 3.08. The van der Waals surface area contributed by atoms with Crippen LogP contribution in [0.4, 0.5) is 4.39 Å². The van der Waals surface area contributed by atoms with Gasteiger partial charge in [0.15, 0.2) is 5.76 Å². The lowest BCUT2D eigenvalue weighted by Crippen LogP contribution is -2.36. The van der Waals surface area contributed by atoms with E-state index in [1.807, 2.05) is 19.1 Å². The number of amides is 1. The fraction of sp³-hybridized carbons (Fsp3) is 0.333. The summed E-state index contributed by atoms with van der Waals surface area (Å²) in [6.07, 6.45) is 3.92. The molecule has 21 heavy (non-hydrogen) atoms. The Labute approximate surface area is 125 Å². The number of hydrogen-bond donors (Lipinski definition) is 0. The molecule has 0 saturated carbocycles. The second-order valence-electron chi connectivity index (χ2n) is 4.92. The van der Waals surface area contributed by atoms with E-state index in [0.717, 1.165) is 15.6 Å². The first-order valence-corrected chi connectivity index (χ1v) is 7.57. The Bertz CT molecular complexity index is 676. The van der Waals surface area contributed by atoms with Crippen molar-refractivity contribution >= 4 is 17.2 Å². The van der Waals surface area contributed by atoms with Crippen LogP contribution in [0.25, 0.3) is 11.5 Å². The van der Waals surface area contributed by atoms with Crippen molar-refractivity contribution in [2.24, 2.45) is 0 Å². The quantitative estimate of drug-likeness (QED) is 0.873. The molecule has 0 aromatic carbocycles. The Morgan fingerprint density at radius 2 is 2.43 bits per heavy atom. The maximum Gasteiger partial charge on any atom is 0.229 e. The molecule has 4 nitrogen and oxygen atoms in total. The minimum atomic E-state index is -0.235. The Morgan fingerprint density at radius 3 is 3.14 bits per heavy atom. The lowest BCUT2D eigenvalue weighted by Gasteiger charge is -2.24. The van der Waals surface area contributed by atoms with Gasteiger partial charge >= 0.3 is 0 Å². The van der Waals surface area contributed by atoms with Crippen molar-refractivity contribution in [1.29, 1.82) is 0 Å². The van der Waals surface area contributed by atoms with E-state index in [1.54, 1.807) is 11.2 Å². The van der Waals surface area contributed by atoms with Crippen molar-refractivity contribution in [3.05, 3.63) is 40.2 Å². The van der Waals surface area contributed by atoms with E-state index in [-0.39, 0.29) is 24.7 Å². The molecule has 1 aliphatic rings. The van der Waals surface area contributed by atoms with Gasteiger partial charge in [-0.3, -0.25) is 4.79 Å². The highest BCUT2D eigenvalue weighted by molar-refractivity contribution is 7.12. The third-order valence-corrected chi connectivity index (χ3v) is 4.33. The molecule has 0 radical (unpaired) electrons. The molecule has 0 spiro atoms. The van der Waals surface area contributed by atoms with Crippen LogP contribution in [0.15, 0.2) is 34.7 Å². The van der Waals surface area contributed by atoms with E-state index in [1.165, 1.54) is 17.4 Å². The van der Waals surface area contributed by atoms with Crippen molar-refractivity contribution in [2.75, 3.05) is 13.1 Å². The van der Waals surface area contributed by atoms with Crippen molar-refractivity contribution in [3.63, 3.8) is 0 Å². The molecule has 0 atom stereocenters. The number of nitrogens with zero attached hydrogens (tertiary/aromatic N) is 2. The van der Waals surface area contributed by atoms with Gasteiger partial charge in [0.1, 0.15) is 16.5 Å². The van der Waals surface area contributed by atoms with Gasteiger partial charge in [0.05, 0.1) is 19.2 Å². The molecule has 0 saturated heterocycles. The number of hydrogen-bond acceptors (Lipinski definition) is 4. The van der Waals surface area contributed by atoms with E-state index in [2.05, 4.69) is 4.98 Å². The van der Waals surface area contributed by atoms with Crippen LogP contribution in [0.2, 0.25) is 0 Å². The molecule has 0 unspecified atom stereocenters. The molecule has 2 aromatic heterocycles. The Hall–Kier alpha value is -1.95. The fourth-order valence-electron chi connectivity index (χ4n) is 2.33. The third kappa shape index (κ3) is 3.05. The van der Waals surface area contributed by atoms with E-state index < -0.39 is 0 Å². The monoisotopic (exact) mass is 306 g/mol. The van der Waals surface area contributed by atoms with E-state index in [4.69, 9.17) is 4.42 Å². The molecule has 1 aliphatic heterocycles. The molecule has 110 valence electrons. The third-order valence-electron chi connectivity index (χ3n) is 3.36. The zero-order valence-electron chi connectivity index (χ0n) is 11.6. The Morgan fingerprint density at radius 1 is 1.57 bits per heavy atom. The number of carbonyl (C=O) groups excluding carboxylic acids is 1. The number of carbonyl (C=O) groups is 1. The number of furan rings is 1. The molecule has 0 fully saturated rings. The normalized spacial score (nSPS) is 15.1. The smallest absolute Gasteiger partial charge is 0.229 e. The molecule has 3 heterocycles. The van der Waals surface area contributed by atoms with Gasteiger partial charge in [0, 0.05) is 11.4 Å². The number of thiazole rings is 1. The lowest BCUT2D eigenvalue weighted by atomic mass is 10.2. The SMILES string of the molecule is Cc1sc(CC(=O)N2CCC=C(F)C2)nc1-c1ccco1. The predicted octanol–water partition coefficient (Wildman–Crippen LogP) is 3.34. The minimum Gasteiger partial charge on any atom is -0.463 e. The topological polar surface area (TPSA) is 46.3 Å². The van der Waals surface area contributed by atoms with Gasteiger partial charge in [-0.05, 0) is 31.6 Å². The van der Waals surface area contributed by atoms with Gasteiger partial charge in [-0.15, -0.1) is 11.3 Å². The Kier molecular flexibility index (Phi) is 3.88. The highest BCUT2D eigenvalue weighted by atomic mass is 32.1. The fourth-order valence-corrected chi connectivity index (χ4v) is 3.25. The molecule has 0 aliphatic carbocycles. The van der Waals surface area contributed by atoms with Gasteiger partial charge < -0.3 is 9.32 Å². The summed E-state index contributed by atoms with van der Waals surface area (Å²) in [5, 5.41) is 0.735. The minimum absolute atomic E-state index is 0.0776. The zero-order chi connectivity index (χ0) is 14.8. The van der Waals surface area contributed by atoms with E-state index in [0.29, 0.717) is 18.7 Å². The van der Waals surface area contributed by atoms with Gasteiger partial charge in [-0.25, -0.2) is 9.37 Å². The molecular formula is C15H15FN2O2S. The number of halogens is 1. The summed E-state index contributed by atoms with van der Waals surface area (Å²) >= 11 is 1.48. The van der Waals surface area contributed by atoms with Crippen molar-refractivity contribution < 1.29 is 13.6 Å². The summed E-state index contributed by atoms with van der Waals surface area (Å²) in [6.45, 7) is 2.60. The van der Waals surface area contributed by atoms with Crippen LogP contribution >= 0.6 is 11.3 Å². The van der Waals surface area contributed by atoms with Crippen molar-refractivity contribution in [1.82, 2.24) is 9.88 Å². The van der Waals surface area contributed by atoms with Crippen LogP contribution in [-0.2, 0) is 11.2 Å². The summed E-state index contributed by atoms with van der Waals surface area (Å²) in [7, 11) is 0. The summed E-state index contributed by atoms with van der Waals surface area (Å²) in [4.78, 5) is 19.2. The van der Waals surface area contributed by atoms with Crippen LogP contribution in [0.5, 0.6) is 0 Å². The highest BCUT2D eigenvalue weighted by Gasteiger charge is 2.21. The standard InChI is InChI=1S/C15H15FN2O2S/c1-10-15(12-5-3-7-20-12)17-13(21-10)8-14(19)18-6-2-4-11(16)9-18/h3-5,7H,2,6,8-9H2,1H3. The largest absolute Gasteiger partial charge is 0.463 e. The number of aromatic nitrogens is 1. The van der Waals surface area contributed by atoms with E-state index >= 15 is 0 Å². The molecule has 2 aromatic rings. The summed E-state index contributed by atoms with van der Waals surface area (Å²) in [5.74, 6) is 0.383. The maximum atomic E-state index is 13.2. The first-order valence-electron chi connectivity index (χ1n) is 6.76. The molecule has 6 heteroatoms. The maximum absolute atomic E-state index is 13.2. The molecule has 1 amide bonds. The van der Waals surface area contributed by atoms with Gasteiger partial charge in [0.25, 0.3) is 0 Å². The van der Waals surface area contributed by atoms with Crippen LogP contribution < -0.4 is 0 Å². The summed E-state index contributed by atoms with van der Waals surface area (Å²) in [6, 6.07) is 3.65. The van der Waals surface area contributed by atoms with Crippen LogP contribution in [0.1, 0.15) is 16.3 Å². The Balaban J connectivity index is 1.72. The van der Waals surface area contributed by atoms with Crippen molar-refractivity contribution in [3.8, 4) is 11.5 Å². The summed E-state index contributed by atoms with van der Waals surface area (Å²) in [5.41, 5.74) is 0.775. The van der Waals surface area contributed by atoms with Gasteiger partial charge in [0.2, 0.25) is 5.91 Å². The summed E-state index contributed by atoms with van der Waals surface area (Å²) < 4.78 is 18.6. The first-order chi connectivity index (χ1) is 10.1. The van der Waals surface area contributed by atoms with Crippen LogP contribution in [-0.4, -0.2) is 28.9 Å². The van der Waals surface area contributed by atoms with Gasteiger partial charge in [-0.2, -0.15) is 0 Å². The lowest BCUT2D eigenvalue weighted by molar-refractivity contribution is -0.130. The molecule has 3 rings (SSSR count). The van der Waals surface area contributed by atoms with E-state index in [9.17, 15) is 9.18 Å². The molecule has 0 bridgehead atoms. The zero-order valence-corrected chi connectivity index (χ0v) is 12.5. The number of aryl methyl sites for hydroxylation is 1. The van der Waals surface area contributed by atoms with Crippen LogP contribution in [0, 0.1) is 6.92 Å². The first kappa shape index (κ1) is 14.0. The second kappa shape index (κ2) is 5.81. The number of rotatable bonds is 3. The molecule has 0 N–H and O–H groups in total.